The van der Waals surface area contributed by atoms with E-state index in [9.17, 15) is 4.79 Å². The maximum atomic E-state index is 13.5. The lowest BCUT2D eigenvalue weighted by Gasteiger charge is -2.12. The molecule has 0 atom stereocenters. The molecule has 44 heavy (non-hydrogen) atoms. The Morgan fingerprint density at radius 2 is 1.73 bits per heavy atom. The quantitative estimate of drug-likeness (QED) is 0.152. The Morgan fingerprint density at radius 1 is 0.955 bits per heavy atom. The molecule has 9 heteroatoms. The van der Waals surface area contributed by atoms with Gasteiger partial charge in [-0.1, -0.05) is 56.7 Å². The van der Waals surface area contributed by atoms with Crippen LogP contribution < -0.4 is 19.6 Å². The predicted octanol–water partition coefficient (Wildman–Crippen LogP) is 6.74. The van der Waals surface area contributed by atoms with Gasteiger partial charge in [0.1, 0.15) is 17.2 Å². The summed E-state index contributed by atoms with van der Waals surface area (Å²) in [5.41, 5.74) is 5.11. The van der Waals surface area contributed by atoms with Crippen LogP contribution >= 0.6 is 11.3 Å². The van der Waals surface area contributed by atoms with Gasteiger partial charge in [-0.3, -0.25) is 4.79 Å². The fraction of sp³-hybridized carbons (Fsp3) is 0.257. The highest BCUT2D eigenvalue weighted by Crippen LogP contribution is 2.29. The molecule has 0 saturated heterocycles. The van der Waals surface area contributed by atoms with Gasteiger partial charge in [0.2, 0.25) is 4.96 Å². The number of fused-ring (bicyclic) bond motifs is 1. The molecule has 0 spiro atoms. The number of unbranched alkanes of at least 4 members (excludes halogenated alkanes) is 1. The van der Waals surface area contributed by atoms with E-state index in [1.807, 2.05) is 90.6 Å². The molecule has 0 unspecified atom stereocenters. The van der Waals surface area contributed by atoms with E-state index in [0.717, 1.165) is 58.0 Å². The minimum absolute atomic E-state index is 0.213. The van der Waals surface area contributed by atoms with E-state index in [-0.39, 0.29) is 5.56 Å². The van der Waals surface area contributed by atoms with Gasteiger partial charge in [0.15, 0.2) is 5.82 Å². The number of rotatable bonds is 11. The Bertz CT molecular complexity index is 1990. The number of hydrogen-bond acceptors (Lipinski definition) is 7. The third-order valence-electron chi connectivity index (χ3n) is 7.13. The van der Waals surface area contributed by atoms with Crippen LogP contribution in [0.25, 0.3) is 39.4 Å². The van der Waals surface area contributed by atoms with E-state index < -0.39 is 0 Å². The van der Waals surface area contributed by atoms with Crippen LogP contribution in [0, 0.1) is 12.8 Å². The molecule has 6 rings (SSSR count). The minimum Gasteiger partial charge on any atom is -0.494 e. The standard InChI is InChI=1S/C35H35N5O3S/c1-5-6-18-42-29-15-12-25(13-16-29)33-36-35-40(38-33)34(41)31(44-35)20-27-21-39(28-10-8-7-9-11-28)37-32(27)26-14-17-30(24(4)19-26)43-22-23(2)3/h7-17,19-21,23H,5-6,18,22H2,1-4H3/b31-20-. The number of thiazole rings is 1. The fourth-order valence-corrected chi connectivity index (χ4v) is 5.68. The van der Waals surface area contributed by atoms with Crippen molar-refractivity contribution in [3.05, 3.63) is 105 Å². The molecule has 0 radical (unpaired) electrons. The maximum absolute atomic E-state index is 13.5. The maximum Gasteiger partial charge on any atom is 0.291 e. The predicted molar refractivity (Wildman–Crippen MR) is 176 cm³/mol. The highest BCUT2D eigenvalue weighted by molar-refractivity contribution is 7.15. The first-order valence-corrected chi connectivity index (χ1v) is 15.7. The molecular weight excluding hydrogens is 570 g/mol. The molecule has 0 saturated carbocycles. The van der Waals surface area contributed by atoms with Gasteiger partial charge in [-0.05, 0) is 85.5 Å². The van der Waals surface area contributed by atoms with E-state index >= 15 is 0 Å². The average Bonchev–Trinajstić information content (AvgIpc) is 3.72. The van der Waals surface area contributed by atoms with Gasteiger partial charge in [0.25, 0.3) is 5.56 Å². The van der Waals surface area contributed by atoms with Crippen LogP contribution in [-0.4, -0.2) is 37.6 Å². The molecule has 6 aromatic rings. The largest absolute Gasteiger partial charge is 0.494 e. The van der Waals surface area contributed by atoms with E-state index in [1.54, 1.807) is 0 Å². The van der Waals surface area contributed by atoms with Gasteiger partial charge < -0.3 is 9.47 Å². The Labute approximate surface area is 260 Å². The number of aryl methyl sites for hydroxylation is 1. The van der Waals surface area contributed by atoms with Crippen molar-refractivity contribution in [2.45, 2.75) is 40.5 Å². The minimum atomic E-state index is -0.213. The Hall–Kier alpha value is -4.76. The molecule has 0 amide bonds. The molecular formula is C35H35N5O3S. The Balaban J connectivity index is 1.36. The summed E-state index contributed by atoms with van der Waals surface area (Å²) in [5.74, 6) is 2.61. The van der Waals surface area contributed by atoms with Crippen molar-refractivity contribution < 1.29 is 9.47 Å². The van der Waals surface area contributed by atoms with Crippen LogP contribution in [0.5, 0.6) is 11.5 Å². The molecule has 8 nitrogen and oxygen atoms in total. The molecule has 224 valence electrons. The Morgan fingerprint density at radius 3 is 2.43 bits per heavy atom. The van der Waals surface area contributed by atoms with Gasteiger partial charge in [-0.2, -0.15) is 14.6 Å². The Kier molecular flexibility index (Phi) is 8.56. The van der Waals surface area contributed by atoms with Gasteiger partial charge >= 0.3 is 0 Å². The van der Waals surface area contributed by atoms with E-state index in [1.165, 1.54) is 15.9 Å². The monoisotopic (exact) mass is 605 g/mol. The highest BCUT2D eigenvalue weighted by Gasteiger charge is 2.16. The van der Waals surface area contributed by atoms with Crippen molar-refractivity contribution in [2.75, 3.05) is 13.2 Å². The second-order valence-corrected chi connectivity index (χ2v) is 12.2. The molecule has 0 aliphatic rings. The highest BCUT2D eigenvalue weighted by atomic mass is 32.1. The number of hydrogen-bond donors (Lipinski definition) is 0. The second kappa shape index (κ2) is 12.9. The van der Waals surface area contributed by atoms with Crippen LogP contribution in [-0.2, 0) is 0 Å². The lowest BCUT2D eigenvalue weighted by molar-refractivity contribution is 0.269. The zero-order valence-electron chi connectivity index (χ0n) is 25.4. The fourth-order valence-electron chi connectivity index (χ4n) is 4.78. The lowest BCUT2D eigenvalue weighted by atomic mass is 10.0. The summed E-state index contributed by atoms with van der Waals surface area (Å²) in [7, 11) is 0. The summed E-state index contributed by atoms with van der Waals surface area (Å²) in [6.07, 6.45) is 5.93. The number of aromatic nitrogens is 5. The van der Waals surface area contributed by atoms with Gasteiger partial charge in [-0.15, -0.1) is 5.10 Å². The van der Waals surface area contributed by atoms with Gasteiger partial charge in [-0.25, -0.2) is 4.68 Å². The zero-order chi connectivity index (χ0) is 30.6. The molecule has 0 aliphatic carbocycles. The molecule has 0 N–H and O–H groups in total. The third-order valence-corrected chi connectivity index (χ3v) is 8.09. The van der Waals surface area contributed by atoms with Crippen molar-refractivity contribution in [2.24, 2.45) is 5.92 Å². The van der Waals surface area contributed by atoms with Crippen LogP contribution in [0.1, 0.15) is 44.7 Å². The van der Waals surface area contributed by atoms with Crippen molar-refractivity contribution >= 4 is 22.4 Å². The summed E-state index contributed by atoms with van der Waals surface area (Å²) in [4.78, 5) is 18.7. The second-order valence-electron chi connectivity index (χ2n) is 11.2. The molecule has 0 fully saturated rings. The van der Waals surface area contributed by atoms with E-state index in [2.05, 4.69) is 36.9 Å². The van der Waals surface area contributed by atoms with Crippen LogP contribution in [0.4, 0.5) is 0 Å². The number of nitrogens with zero attached hydrogens (tertiary/aromatic N) is 5. The molecule has 0 aliphatic heterocycles. The van der Waals surface area contributed by atoms with Crippen molar-refractivity contribution in [1.29, 1.82) is 0 Å². The summed E-state index contributed by atoms with van der Waals surface area (Å²) >= 11 is 1.31. The average molecular weight is 606 g/mol. The first-order chi connectivity index (χ1) is 21.4. The number of ether oxygens (including phenoxy) is 2. The summed E-state index contributed by atoms with van der Waals surface area (Å²) in [6.45, 7) is 9.78. The summed E-state index contributed by atoms with van der Waals surface area (Å²) in [6, 6.07) is 23.7. The molecule has 3 aromatic carbocycles. The SMILES string of the molecule is CCCCOc1ccc(-c2nc3s/c(=C\c4cn(-c5ccccc5)nc4-c4ccc(OCC(C)C)c(C)c4)c(=O)n3n2)cc1. The smallest absolute Gasteiger partial charge is 0.291 e. The molecule has 0 bridgehead atoms. The summed E-state index contributed by atoms with van der Waals surface area (Å²) in [5, 5.41) is 9.49. The number of benzene rings is 3. The molecule has 3 aromatic heterocycles. The summed E-state index contributed by atoms with van der Waals surface area (Å²) < 4.78 is 15.5. The third kappa shape index (κ3) is 6.28. The topological polar surface area (TPSA) is 83.5 Å². The lowest BCUT2D eigenvalue weighted by Crippen LogP contribution is -2.23. The van der Waals surface area contributed by atoms with Crippen molar-refractivity contribution in [3.63, 3.8) is 0 Å². The zero-order valence-corrected chi connectivity index (χ0v) is 26.2. The van der Waals surface area contributed by atoms with Crippen LogP contribution in [0.15, 0.2) is 83.8 Å². The normalized spacial score (nSPS) is 12.0. The van der Waals surface area contributed by atoms with Crippen molar-refractivity contribution in [1.82, 2.24) is 24.4 Å². The van der Waals surface area contributed by atoms with Gasteiger partial charge in [0, 0.05) is 22.9 Å². The molecule has 3 heterocycles. The van der Waals surface area contributed by atoms with Gasteiger partial charge in [0.05, 0.1) is 23.4 Å². The van der Waals surface area contributed by atoms with E-state index in [4.69, 9.17) is 14.6 Å². The first-order valence-electron chi connectivity index (χ1n) is 14.9. The van der Waals surface area contributed by atoms with Crippen LogP contribution in [0.3, 0.4) is 0 Å². The van der Waals surface area contributed by atoms with Crippen LogP contribution in [0.2, 0.25) is 0 Å². The van der Waals surface area contributed by atoms with Crippen molar-refractivity contribution in [3.8, 4) is 39.8 Å². The number of para-hydroxylation sites is 1. The first kappa shape index (κ1) is 29.3. The van der Waals surface area contributed by atoms with E-state index in [0.29, 0.717) is 34.4 Å².